The first-order valence-corrected chi connectivity index (χ1v) is 10.6. The number of carbonyl (C=O) groups is 2. The zero-order valence-electron chi connectivity index (χ0n) is 19.6. The van der Waals surface area contributed by atoms with Crippen molar-refractivity contribution in [3.05, 3.63) is 90.1 Å². The van der Waals surface area contributed by atoms with Gasteiger partial charge in [-0.3, -0.25) is 4.79 Å². The second-order valence-corrected chi connectivity index (χ2v) is 7.30. The third-order valence-electron chi connectivity index (χ3n) is 5.04. The molecule has 0 spiro atoms. The van der Waals surface area contributed by atoms with Crippen molar-refractivity contribution in [2.75, 3.05) is 30.3 Å². The first-order valence-electron chi connectivity index (χ1n) is 10.6. The molecule has 1 aliphatic rings. The Bertz CT molecular complexity index is 1270. The molecule has 1 amide bonds. The van der Waals surface area contributed by atoms with Crippen LogP contribution in [0.2, 0.25) is 0 Å². The molecule has 35 heavy (non-hydrogen) atoms. The van der Waals surface area contributed by atoms with Crippen molar-refractivity contribution in [1.82, 2.24) is 0 Å². The topological polar surface area (TPSA) is 126 Å². The smallest absolute Gasteiger partial charge is 0.335 e. The van der Waals surface area contributed by atoms with Crippen LogP contribution in [-0.4, -0.2) is 36.9 Å². The van der Waals surface area contributed by atoms with Gasteiger partial charge in [0.1, 0.15) is 11.5 Å². The minimum atomic E-state index is -1.02. The van der Waals surface area contributed by atoms with Crippen LogP contribution in [0.4, 0.5) is 17.1 Å². The number of carbonyl (C=O) groups excluding carboxylic acids is 1. The van der Waals surface area contributed by atoms with Gasteiger partial charge in [0, 0.05) is 6.20 Å². The molecule has 0 aliphatic carbocycles. The first kappa shape index (κ1) is 24.8. The number of nitrogens with two attached hydrogens (primary N) is 1. The standard InChI is InChI=1S/C19H17N3O4.C7H9NO/c1-12-15(11-20-16-5-3-4-6-17(16)26-2)18(23)22(21-12)14-9-7-13(8-10-14)19(24)25;1-9-7-5-3-2-4-6(7)8/h3-11,20H,1-2H3,(H,24,25);2-5H,8H2,1H3. The number of nitrogen functional groups attached to an aromatic ring is 1. The fourth-order valence-corrected chi connectivity index (χ4v) is 3.18. The highest BCUT2D eigenvalue weighted by Crippen LogP contribution is 2.26. The summed E-state index contributed by atoms with van der Waals surface area (Å²) in [5, 5.41) is 17.5. The highest BCUT2D eigenvalue weighted by atomic mass is 16.5. The van der Waals surface area contributed by atoms with Crippen molar-refractivity contribution in [2.24, 2.45) is 5.10 Å². The summed E-state index contributed by atoms with van der Waals surface area (Å²) in [5.41, 5.74) is 8.53. The number of hydrogen-bond donors (Lipinski definition) is 3. The number of nitrogens with one attached hydrogen (secondary N) is 1. The third-order valence-corrected chi connectivity index (χ3v) is 5.04. The van der Waals surface area contributed by atoms with Gasteiger partial charge in [-0.25, -0.2) is 4.79 Å². The molecule has 9 heteroatoms. The van der Waals surface area contributed by atoms with Crippen molar-refractivity contribution in [3.8, 4) is 11.5 Å². The van der Waals surface area contributed by atoms with Crippen molar-refractivity contribution >= 4 is 34.7 Å². The number of ether oxygens (including phenoxy) is 2. The van der Waals surface area contributed by atoms with E-state index in [9.17, 15) is 9.59 Å². The highest BCUT2D eigenvalue weighted by Gasteiger charge is 2.28. The van der Waals surface area contributed by atoms with Crippen LogP contribution in [0.15, 0.2) is 89.7 Å². The predicted molar refractivity (Wildman–Crippen MR) is 136 cm³/mol. The molecule has 1 aliphatic heterocycles. The Morgan fingerprint density at radius 1 is 0.971 bits per heavy atom. The van der Waals surface area contributed by atoms with Crippen LogP contribution >= 0.6 is 0 Å². The summed E-state index contributed by atoms with van der Waals surface area (Å²) >= 11 is 0. The molecule has 3 aromatic carbocycles. The zero-order chi connectivity index (χ0) is 25.4. The van der Waals surface area contributed by atoms with E-state index in [0.29, 0.717) is 28.4 Å². The predicted octanol–water partition coefficient (Wildman–Crippen LogP) is 4.39. The molecule has 0 aromatic heterocycles. The molecule has 0 fully saturated rings. The second kappa shape index (κ2) is 11.4. The number of nitrogens with zero attached hydrogens (tertiary/aromatic N) is 2. The fraction of sp³-hybridized carbons (Fsp3) is 0.115. The SMILES string of the molecule is COc1ccccc1N.COc1ccccc1NC=C1C(=O)N(c2ccc(C(=O)O)cc2)N=C1C. The van der Waals surface area contributed by atoms with Gasteiger partial charge in [0.05, 0.1) is 48.1 Å². The van der Waals surface area contributed by atoms with Crippen LogP contribution in [0.3, 0.4) is 0 Å². The second-order valence-electron chi connectivity index (χ2n) is 7.30. The molecule has 3 aromatic rings. The molecular formula is C26H26N4O5. The summed E-state index contributed by atoms with van der Waals surface area (Å²) in [4.78, 5) is 23.6. The Labute approximate surface area is 203 Å². The van der Waals surface area contributed by atoms with Gasteiger partial charge in [0.15, 0.2) is 0 Å². The van der Waals surface area contributed by atoms with Crippen molar-refractivity contribution in [2.45, 2.75) is 6.92 Å². The highest BCUT2D eigenvalue weighted by molar-refractivity contribution is 6.29. The number of carboxylic acids is 1. The van der Waals surface area contributed by atoms with Crippen LogP contribution in [0.5, 0.6) is 11.5 Å². The summed E-state index contributed by atoms with van der Waals surface area (Å²) in [6, 6.07) is 20.7. The molecule has 0 bridgehead atoms. The lowest BCUT2D eigenvalue weighted by atomic mass is 10.1. The Balaban J connectivity index is 0.000000320. The average Bonchev–Trinajstić information content (AvgIpc) is 3.16. The Morgan fingerprint density at radius 2 is 1.57 bits per heavy atom. The van der Waals surface area contributed by atoms with Crippen LogP contribution < -0.4 is 25.5 Å². The fourth-order valence-electron chi connectivity index (χ4n) is 3.18. The molecule has 4 N–H and O–H groups in total. The van der Waals surface area contributed by atoms with Gasteiger partial charge in [-0.1, -0.05) is 24.3 Å². The maximum absolute atomic E-state index is 12.7. The summed E-state index contributed by atoms with van der Waals surface area (Å²) in [6.07, 6.45) is 1.59. The minimum Gasteiger partial charge on any atom is -0.495 e. The molecule has 9 nitrogen and oxygen atoms in total. The van der Waals surface area contributed by atoms with Crippen LogP contribution in [0, 0.1) is 0 Å². The maximum Gasteiger partial charge on any atom is 0.335 e. The van der Waals surface area contributed by atoms with Crippen LogP contribution in [-0.2, 0) is 4.79 Å². The summed E-state index contributed by atoms with van der Waals surface area (Å²) in [6.45, 7) is 1.74. The Morgan fingerprint density at radius 3 is 2.14 bits per heavy atom. The van der Waals surface area contributed by atoms with Crippen LogP contribution in [0.1, 0.15) is 17.3 Å². The average molecular weight is 475 g/mol. The Kier molecular flexibility index (Phi) is 8.07. The van der Waals surface area contributed by atoms with E-state index in [1.54, 1.807) is 45.5 Å². The normalized spacial score (nSPS) is 13.6. The van der Waals surface area contributed by atoms with E-state index in [-0.39, 0.29) is 11.5 Å². The number of hydrogen-bond acceptors (Lipinski definition) is 7. The summed E-state index contributed by atoms with van der Waals surface area (Å²) in [5.74, 6) is 0.0709. The van der Waals surface area contributed by atoms with E-state index in [0.717, 1.165) is 11.4 Å². The lowest BCUT2D eigenvalue weighted by molar-refractivity contribution is -0.114. The van der Waals surface area contributed by atoms with E-state index >= 15 is 0 Å². The molecule has 180 valence electrons. The van der Waals surface area contributed by atoms with Gasteiger partial charge in [0.2, 0.25) is 0 Å². The zero-order valence-corrected chi connectivity index (χ0v) is 19.6. The monoisotopic (exact) mass is 474 g/mol. The largest absolute Gasteiger partial charge is 0.495 e. The van der Waals surface area contributed by atoms with Crippen LogP contribution in [0.25, 0.3) is 0 Å². The van der Waals surface area contributed by atoms with Crippen molar-refractivity contribution < 1.29 is 24.2 Å². The molecule has 0 radical (unpaired) electrons. The van der Waals surface area contributed by atoms with Gasteiger partial charge in [-0.2, -0.15) is 10.1 Å². The lowest BCUT2D eigenvalue weighted by Crippen LogP contribution is -2.21. The van der Waals surface area contributed by atoms with E-state index in [4.69, 9.17) is 20.3 Å². The van der Waals surface area contributed by atoms with E-state index < -0.39 is 5.97 Å². The van der Waals surface area contributed by atoms with Crippen molar-refractivity contribution in [1.29, 1.82) is 0 Å². The number of rotatable bonds is 6. The first-order chi connectivity index (χ1) is 16.8. The van der Waals surface area contributed by atoms with Crippen molar-refractivity contribution in [3.63, 3.8) is 0 Å². The maximum atomic E-state index is 12.7. The van der Waals surface area contributed by atoms with Gasteiger partial charge < -0.3 is 25.6 Å². The summed E-state index contributed by atoms with van der Waals surface area (Å²) in [7, 11) is 3.18. The number of para-hydroxylation sites is 4. The number of carboxylic acid groups (broad SMARTS) is 1. The minimum absolute atomic E-state index is 0.148. The van der Waals surface area contributed by atoms with E-state index in [2.05, 4.69) is 10.4 Å². The number of benzene rings is 3. The summed E-state index contributed by atoms with van der Waals surface area (Å²) < 4.78 is 10.2. The Hall–Kier alpha value is -4.79. The molecule has 4 rings (SSSR count). The number of aromatic carboxylic acids is 1. The molecule has 0 unspecified atom stereocenters. The number of methoxy groups -OCH3 is 2. The molecular weight excluding hydrogens is 448 g/mol. The molecule has 1 heterocycles. The number of anilines is 3. The van der Waals surface area contributed by atoms with E-state index in [1.165, 1.54) is 17.1 Å². The number of hydrazone groups is 1. The van der Waals surface area contributed by atoms with Gasteiger partial charge in [0.25, 0.3) is 5.91 Å². The lowest BCUT2D eigenvalue weighted by Gasteiger charge is -2.12. The number of amides is 1. The van der Waals surface area contributed by atoms with E-state index in [1.807, 2.05) is 42.5 Å². The quantitative estimate of drug-likeness (QED) is 0.357. The van der Waals surface area contributed by atoms with Gasteiger partial charge >= 0.3 is 5.97 Å². The molecule has 0 saturated heterocycles. The third kappa shape index (κ3) is 5.97. The molecule has 0 saturated carbocycles. The van der Waals surface area contributed by atoms with Gasteiger partial charge in [-0.15, -0.1) is 0 Å². The molecule has 0 atom stereocenters. The van der Waals surface area contributed by atoms with Gasteiger partial charge in [-0.05, 0) is 55.5 Å².